The fourth-order valence-corrected chi connectivity index (χ4v) is 2.40. The molecule has 0 aromatic heterocycles. The molecule has 1 unspecified atom stereocenters. The molecule has 10 heteroatoms. The Hall–Kier alpha value is -1.49. The van der Waals surface area contributed by atoms with Crippen LogP contribution in [0.5, 0.6) is 0 Å². The monoisotopic (exact) mass is 323 g/mol. The Kier molecular flexibility index (Phi) is 5.62. The molecule has 0 amide bonds. The Morgan fingerprint density at radius 1 is 1.40 bits per heavy atom. The van der Waals surface area contributed by atoms with Gasteiger partial charge in [-0.25, -0.2) is 9.00 Å². The lowest BCUT2D eigenvalue weighted by Crippen LogP contribution is -2.26. The molecular formula is C10H13NO7S2. The van der Waals surface area contributed by atoms with Crippen molar-refractivity contribution in [3.05, 3.63) is 29.8 Å². The number of para-hydroxylation sites is 1. The first-order chi connectivity index (χ1) is 9.22. The maximum Gasteiger partial charge on any atom is 0.337 e. The third kappa shape index (κ3) is 4.89. The Balaban J connectivity index is 2.77. The Morgan fingerprint density at radius 3 is 2.55 bits per heavy atom. The van der Waals surface area contributed by atoms with E-state index in [4.69, 9.17) is 13.8 Å². The van der Waals surface area contributed by atoms with Crippen molar-refractivity contribution in [2.45, 2.75) is 0 Å². The summed E-state index contributed by atoms with van der Waals surface area (Å²) in [5.74, 6) is -1.89. The van der Waals surface area contributed by atoms with Gasteiger partial charge >= 0.3 is 5.97 Å². The van der Waals surface area contributed by atoms with Crippen LogP contribution >= 0.6 is 0 Å². The van der Waals surface area contributed by atoms with E-state index in [0.717, 1.165) is 4.31 Å². The highest BCUT2D eigenvalue weighted by Gasteiger charge is 2.18. The van der Waals surface area contributed by atoms with Crippen molar-refractivity contribution in [1.29, 1.82) is 0 Å². The summed E-state index contributed by atoms with van der Waals surface area (Å²) in [7, 11) is -2.87. The van der Waals surface area contributed by atoms with Gasteiger partial charge in [0.1, 0.15) is 5.75 Å². The van der Waals surface area contributed by atoms with Gasteiger partial charge in [-0.2, -0.15) is 8.42 Å². The second kappa shape index (κ2) is 6.79. The zero-order chi connectivity index (χ0) is 15.3. The van der Waals surface area contributed by atoms with Crippen LogP contribution in [0.4, 0.5) is 5.69 Å². The van der Waals surface area contributed by atoms with E-state index >= 15 is 0 Å². The number of rotatable bonds is 7. The van der Waals surface area contributed by atoms with Crippen molar-refractivity contribution in [2.24, 2.45) is 0 Å². The molecule has 2 N–H and O–H groups in total. The van der Waals surface area contributed by atoms with Crippen molar-refractivity contribution in [2.75, 3.05) is 23.7 Å². The quantitative estimate of drug-likeness (QED) is 0.692. The van der Waals surface area contributed by atoms with Crippen LogP contribution in [0, 0.1) is 0 Å². The predicted octanol–water partition coefficient (Wildman–Crippen LogP) is 0.304. The second-order valence-corrected chi connectivity index (χ2v) is 6.43. The van der Waals surface area contributed by atoms with Crippen LogP contribution in [-0.4, -0.2) is 47.7 Å². The molecule has 0 aliphatic carbocycles. The lowest BCUT2D eigenvalue weighted by Gasteiger charge is -2.18. The van der Waals surface area contributed by atoms with Gasteiger partial charge in [0, 0.05) is 7.05 Å². The van der Waals surface area contributed by atoms with E-state index in [1.807, 2.05) is 0 Å². The van der Waals surface area contributed by atoms with Gasteiger partial charge in [0.15, 0.2) is 0 Å². The number of aromatic carboxylic acids is 1. The van der Waals surface area contributed by atoms with E-state index in [-0.39, 0.29) is 11.3 Å². The maximum absolute atomic E-state index is 11.7. The molecule has 0 saturated carbocycles. The topological polar surface area (TPSA) is 121 Å². The number of carboxylic acid groups (broad SMARTS) is 1. The minimum absolute atomic E-state index is 0.0678. The summed E-state index contributed by atoms with van der Waals surface area (Å²) < 4.78 is 47.0. The molecule has 0 bridgehead atoms. The van der Waals surface area contributed by atoms with Crippen molar-refractivity contribution < 1.29 is 31.3 Å². The average molecular weight is 323 g/mol. The van der Waals surface area contributed by atoms with Gasteiger partial charge in [-0.05, 0) is 12.1 Å². The van der Waals surface area contributed by atoms with E-state index in [1.165, 1.54) is 25.2 Å². The summed E-state index contributed by atoms with van der Waals surface area (Å²) in [5.41, 5.74) is 0.0897. The Morgan fingerprint density at radius 2 is 2.00 bits per heavy atom. The van der Waals surface area contributed by atoms with Crippen LogP contribution in [0.2, 0.25) is 0 Å². The zero-order valence-corrected chi connectivity index (χ0v) is 12.1. The highest BCUT2D eigenvalue weighted by atomic mass is 32.2. The van der Waals surface area contributed by atoms with Gasteiger partial charge in [-0.1, -0.05) is 12.1 Å². The first-order valence-electron chi connectivity index (χ1n) is 5.29. The molecule has 0 saturated heterocycles. The van der Waals surface area contributed by atoms with E-state index in [1.54, 1.807) is 6.07 Å². The van der Waals surface area contributed by atoms with Crippen molar-refractivity contribution >= 4 is 33.0 Å². The third-order valence-corrected chi connectivity index (χ3v) is 3.92. The van der Waals surface area contributed by atoms with Gasteiger partial charge in [-0.15, -0.1) is 0 Å². The van der Waals surface area contributed by atoms with Gasteiger partial charge in [0.2, 0.25) is 0 Å². The number of hydrogen-bond acceptors (Lipinski definition) is 5. The molecule has 0 fully saturated rings. The van der Waals surface area contributed by atoms with Crippen LogP contribution in [0.1, 0.15) is 10.4 Å². The number of carboxylic acids is 1. The first kappa shape index (κ1) is 16.6. The fourth-order valence-electron chi connectivity index (χ4n) is 1.30. The van der Waals surface area contributed by atoms with Gasteiger partial charge in [0.05, 0.1) is 17.9 Å². The molecule has 1 rings (SSSR count). The summed E-state index contributed by atoms with van der Waals surface area (Å²) in [6.07, 6.45) is 0. The van der Waals surface area contributed by atoms with Crippen molar-refractivity contribution in [3.8, 4) is 0 Å². The molecule has 112 valence electrons. The molecule has 0 aliphatic heterocycles. The molecule has 1 aromatic rings. The lowest BCUT2D eigenvalue weighted by atomic mass is 10.2. The number of hydrogen-bond donors (Lipinski definition) is 2. The minimum Gasteiger partial charge on any atom is -0.478 e. The number of benzene rings is 1. The first-order valence-corrected chi connectivity index (χ1v) is 7.93. The van der Waals surface area contributed by atoms with E-state index in [0.29, 0.717) is 0 Å². The SMILES string of the molecule is CN(c1ccccc1C(=O)O)S(=O)OCCS(=O)(=O)O. The minimum atomic E-state index is -4.20. The lowest BCUT2D eigenvalue weighted by molar-refractivity contribution is 0.0697. The predicted molar refractivity (Wildman–Crippen MR) is 72.3 cm³/mol. The normalized spacial score (nSPS) is 12.9. The summed E-state index contributed by atoms with van der Waals surface area (Å²) in [6.45, 7) is -0.481. The van der Waals surface area contributed by atoms with E-state index in [9.17, 15) is 17.4 Å². The average Bonchev–Trinajstić information content (AvgIpc) is 2.36. The second-order valence-electron chi connectivity index (χ2n) is 3.64. The standard InChI is InChI=1S/C10H13NO7S2/c1-11(19(14)18-6-7-20(15,16)17)9-5-3-2-4-8(9)10(12)13/h2-5H,6-7H2,1H3,(H,12,13)(H,15,16,17). The molecule has 0 aliphatic rings. The molecular weight excluding hydrogens is 310 g/mol. The molecule has 1 aromatic carbocycles. The van der Waals surface area contributed by atoms with Crippen LogP contribution in [0.3, 0.4) is 0 Å². The van der Waals surface area contributed by atoms with E-state index in [2.05, 4.69) is 0 Å². The Labute approximate surface area is 118 Å². The third-order valence-electron chi connectivity index (χ3n) is 2.22. The van der Waals surface area contributed by atoms with Gasteiger partial charge in [-0.3, -0.25) is 13.0 Å². The summed E-state index contributed by atoms with van der Waals surface area (Å²) in [5, 5.41) is 9.00. The molecule has 1 atom stereocenters. The summed E-state index contributed by atoms with van der Waals surface area (Å²) in [4.78, 5) is 11.0. The molecule has 20 heavy (non-hydrogen) atoms. The van der Waals surface area contributed by atoms with Gasteiger partial charge in [0.25, 0.3) is 21.4 Å². The van der Waals surface area contributed by atoms with Crippen LogP contribution in [0.15, 0.2) is 24.3 Å². The molecule has 0 heterocycles. The highest BCUT2D eigenvalue weighted by Crippen LogP contribution is 2.20. The largest absolute Gasteiger partial charge is 0.478 e. The number of carbonyl (C=O) groups is 1. The number of anilines is 1. The summed E-state index contributed by atoms with van der Waals surface area (Å²) >= 11 is -2.08. The number of nitrogens with zero attached hydrogens (tertiary/aromatic N) is 1. The summed E-state index contributed by atoms with van der Waals surface area (Å²) in [6, 6.07) is 5.85. The smallest absolute Gasteiger partial charge is 0.337 e. The Bertz CT molecular complexity index is 614. The maximum atomic E-state index is 11.7. The fraction of sp³-hybridized carbons (Fsp3) is 0.300. The zero-order valence-electron chi connectivity index (χ0n) is 10.4. The molecule has 0 spiro atoms. The van der Waals surface area contributed by atoms with Crippen LogP contribution in [0.25, 0.3) is 0 Å². The highest BCUT2D eigenvalue weighted by molar-refractivity contribution is 7.85. The molecule has 0 radical (unpaired) electrons. The van der Waals surface area contributed by atoms with Gasteiger partial charge < -0.3 is 5.11 Å². The van der Waals surface area contributed by atoms with E-state index < -0.39 is 39.7 Å². The molecule has 8 nitrogen and oxygen atoms in total. The van der Waals surface area contributed by atoms with Crippen LogP contribution in [-0.2, 0) is 25.6 Å². The van der Waals surface area contributed by atoms with Crippen molar-refractivity contribution in [1.82, 2.24) is 0 Å². The van der Waals surface area contributed by atoms with Crippen LogP contribution < -0.4 is 4.31 Å². The van der Waals surface area contributed by atoms with Crippen molar-refractivity contribution in [3.63, 3.8) is 0 Å².